The van der Waals surface area contributed by atoms with Gasteiger partial charge in [-0.2, -0.15) is 5.26 Å². The number of nitriles is 1. The fourth-order valence-corrected chi connectivity index (χ4v) is 9.67. The zero-order valence-corrected chi connectivity index (χ0v) is 20.7. The zero-order valence-electron chi connectivity index (χ0n) is 19.1. The fourth-order valence-electron chi connectivity index (χ4n) is 6.20. The van der Waals surface area contributed by atoms with Crippen molar-refractivity contribution in [1.29, 1.82) is 5.26 Å². The quantitative estimate of drug-likeness (QED) is 0.600. The Balaban J connectivity index is 1.39. The molecule has 4 fully saturated rings. The van der Waals surface area contributed by atoms with Gasteiger partial charge in [0.25, 0.3) is 11.8 Å². The molecule has 1 aromatic carbocycles. The van der Waals surface area contributed by atoms with Crippen molar-refractivity contribution < 1.29 is 23.8 Å². The molecule has 11 heteroatoms. The SMILES string of the molecule is C[C@]1(C#N)C[C@]23C(=O)N(CCN4CCOCC4)[C@](C)(C(=O)N2[C@H]1c1ccc2c(c1)OCO2)S3=S. The van der Waals surface area contributed by atoms with Crippen LogP contribution in [-0.2, 0) is 35.0 Å². The summed E-state index contributed by atoms with van der Waals surface area (Å²) in [5.74, 6) is 0.933. The first-order valence-electron chi connectivity index (χ1n) is 11.5. The number of fused-ring (bicyclic) bond motifs is 2. The van der Waals surface area contributed by atoms with E-state index in [1.54, 1.807) is 15.9 Å². The molecule has 1 aromatic rings. The minimum absolute atomic E-state index is 0.120. The maximum atomic E-state index is 14.1. The van der Waals surface area contributed by atoms with E-state index in [4.69, 9.17) is 25.4 Å². The van der Waals surface area contributed by atoms with Crippen molar-refractivity contribution >= 4 is 32.5 Å². The molecule has 0 saturated carbocycles. The summed E-state index contributed by atoms with van der Waals surface area (Å²) in [4.78, 5) is 31.5. The lowest BCUT2D eigenvalue weighted by atomic mass is 9.79. The molecule has 5 aliphatic rings. The summed E-state index contributed by atoms with van der Waals surface area (Å²) in [7, 11) is -0.996. The van der Waals surface area contributed by atoms with Crippen molar-refractivity contribution in [3.05, 3.63) is 23.8 Å². The van der Waals surface area contributed by atoms with E-state index < -0.39 is 30.7 Å². The molecular formula is C23H26N4O5S2. The zero-order chi connectivity index (χ0) is 23.9. The predicted octanol–water partition coefficient (Wildman–Crippen LogP) is 0.899. The number of hydrogen-bond acceptors (Lipinski definition) is 8. The van der Waals surface area contributed by atoms with Crippen LogP contribution in [-0.4, -0.2) is 82.4 Å². The normalized spacial score (nSPS) is 38.5. The highest BCUT2D eigenvalue weighted by Crippen LogP contribution is 2.65. The van der Waals surface area contributed by atoms with Crippen LogP contribution >= 0.6 is 0 Å². The molecule has 5 atom stereocenters. The molecule has 2 amide bonds. The first-order chi connectivity index (χ1) is 16.3. The summed E-state index contributed by atoms with van der Waals surface area (Å²) >= 11 is 6.00. The third kappa shape index (κ3) is 2.62. The maximum absolute atomic E-state index is 14.1. The summed E-state index contributed by atoms with van der Waals surface area (Å²) in [5, 5.41) is 10.3. The minimum Gasteiger partial charge on any atom is -0.454 e. The van der Waals surface area contributed by atoms with E-state index in [0.29, 0.717) is 37.8 Å². The first kappa shape index (κ1) is 22.2. The Kier molecular flexibility index (Phi) is 4.82. The predicted molar refractivity (Wildman–Crippen MR) is 125 cm³/mol. The Morgan fingerprint density at radius 1 is 1.15 bits per heavy atom. The van der Waals surface area contributed by atoms with Gasteiger partial charge in [-0.3, -0.25) is 14.5 Å². The molecule has 4 saturated heterocycles. The molecule has 180 valence electrons. The summed E-state index contributed by atoms with van der Waals surface area (Å²) in [5.41, 5.74) is -0.209. The molecule has 0 aliphatic carbocycles. The van der Waals surface area contributed by atoms with Gasteiger partial charge in [-0.1, -0.05) is 15.5 Å². The average Bonchev–Trinajstić information content (AvgIpc) is 3.50. The largest absolute Gasteiger partial charge is 0.454 e. The first-order valence-corrected chi connectivity index (χ1v) is 13.6. The maximum Gasteiger partial charge on any atom is 0.261 e. The molecule has 9 nitrogen and oxygen atoms in total. The lowest BCUT2D eigenvalue weighted by Crippen LogP contribution is -2.63. The Labute approximate surface area is 205 Å². The minimum atomic E-state index is -1.17. The van der Waals surface area contributed by atoms with E-state index in [1.807, 2.05) is 26.0 Å². The molecule has 0 aromatic heterocycles. The Bertz CT molecular complexity index is 1170. The van der Waals surface area contributed by atoms with Gasteiger partial charge >= 0.3 is 0 Å². The fraction of sp³-hybridized carbons (Fsp3) is 0.609. The van der Waals surface area contributed by atoms with Crippen molar-refractivity contribution in [2.75, 3.05) is 46.2 Å². The number of morpholine rings is 1. The van der Waals surface area contributed by atoms with Crippen LogP contribution in [0.2, 0.25) is 0 Å². The smallest absolute Gasteiger partial charge is 0.261 e. The van der Waals surface area contributed by atoms with Crippen LogP contribution in [0, 0.1) is 16.7 Å². The van der Waals surface area contributed by atoms with Gasteiger partial charge in [0, 0.05) is 32.6 Å². The Hall–Kier alpha value is -2.26. The average molecular weight is 503 g/mol. The van der Waals surface area contributed by atoms with Gasteiger partial charge in [-0.15, -0.1) is 0 Å². The number of nitrogens with zero attached hydrogens (tertiary/aromatic N) is 4. The number of piperazine rings is 1. The molecule has 1 spiro atoms. The number of ether oxygens (including phenoxy) is 3. The second-order valence-corrected chi connectivity index (χ2v) is 12.9. The van der Waals surface area contributed by atoms with Crippen LogP contribution in [0.4, 0.5) is 0 Å². The summed E-state index contributed by atoms with van der Waals surface area (Å²) in [6, 6.07) is 7.32. The molecule has 0 radical (unpaired) electrons. The van der Waals surface area contributed by atoms with Crippen LogP contribution < -0.4 is 9.47 Å². The number of carbonyl (C=O) groups excluding carboxylic acids is 2. The van der Waals surface area contributed by atoms with E-state index in [0.717, 1.165) is 18.7 Å². The summed E-state index contributed by atoms with van der Waals surface area (Å²) < 4.78 is 16.4. The second kappa shape index (κ2) is 7.37. The molecule has 34 heavy (non-hydrogen) atoms. The monoisotopic (exact) mass is 502 g/mol. The number of carbonyl (C=O) groups is 2. The third-order valence-corrected chi connectivity index (χ3v) is 12.0. The van der Waals surface area contributed by atoms with E-state index in [2.05, 4.69) is 11.0 Å². The van der Waals surface area contributed by atoms with Crippen molar-refractivity contribution in [3.63, 3.8) is 0 Å². The molecular weight excluding hydrogens is 476 g/mol. The van der Waals surface area contributed by atoms with Gasteiger partial charge in [-0.25, -0.2) is 0 Å². The topological polar surface area (TPSA) is 95.3 Å². The van der Waals surface area contributed by atoms with Crippen LogP contribution in [0.3, 0.4) is 0 Å². The standard InChI is InChI=1S/C23H26N4O5S2/c1-21(13-24)12-23-20(29)26(6-5-25-7-9-30-10-8-25)22(2,34(23)33)19(28)27(23)18(21)15-3-4-16-17(11-15)32-14-31-16/h3-4,11,18H,5-10,12,14H2,1-2H3/t18-,21+,22-,23-,34?/m0/s1. The number of hydrogen-bond donors (Lipinski definition) is 0. The number of benzene rings is 1. The van der Waals surface area contributed by atoms with Gasteiger partial charge in [0.15, 0.2) is 21.2 Å². The third-order valence-electron chi connectivity index (χ3n) is 7.95. The summed E-state index contributed by atoms with van der Waals surface area (Å²) in [6.45, 7) is 7.85. The van der Waals surface area contributed by atoms with Crippen LogP contribution in [0.5, 0.6) is 11.5 Å². The Morgan fingerprint density at radius 2 is 1.88 bits per heavy atom. The van der Waals surface area contributed by atoms with Crippen LogP contribution in [0.25, 0.3) is 0 Å². The van der Waals surface area contributed by atoms with Gasteiger partial charge < -0.3 is 24.0 Å². The lowest BCUT2D eigenvalue weighted by Gasteiger charge is -2.42. The summed E-state index contributed by atoms with van der Waals surface area (Å²) in [6.07, 6.45) is 0.233. The highest BCUT2D eigenvalue weighted by Gasteiger charge is 2.81. The van der Waals surface area contributed by atoms with E-state index in [-0.39, 0.29) is 25.0 Å². The molecule has 1 unspecified atom stereocenters. The van der Waals surface area contributed by atoms with Crippen molar-refractivity contribution in [2.24, 2.45) is 5.41 Å². The van der Waals surface area contributed by atoms with Gasteiger partial charge in [-0.05, 0) is 42.7 Å². The second-order valence-electron chi connectivity index (χ2n) is 9.84. The Morgan fingerprint density at radius 3 is 2.62 bits per heavy atom. The highest BCUT2D eigenvalue weighted by molar-refractivity contribution is 8.31. The van der Waals surface area contributed by atoms with E-state index in [1.165, 1.54) is 0 Å². The molecule has 5 heterocycles. The van der Waals surface area contributed by atoms with E-state index >= 15 is 0 Å². The molecule has 0 N–H and O–H groups in total. The highest BCUT2D eigenvalue weighted by atomic mass is 32.8. The number of amides is 2. The van der Waals surface area contributed by atoms with Gasteiger partial charge in [0.05, 0.1) is 30.7 Å². The van der Waals surface area contributed by atoms with Crippen molar-refractivity contribution in [1.82, 2.24) is 14.7 Å². The van der Waals surface area contributed by atoms with Crippen molar-refractivity contribution in [3.8, 4) is 17.6 Å². The number of rotatable bonds is 4. The van der Waals surface area contributed by atoms with Gasteiger partial charge in [0.1, 0.15) is 0 Å². The van der Waals surface area contributed by atoms with Crippen molar-refractivity contribution in [2.45, 2.75) is 36.1 Å². The molecule has 2 bridgehead atoms. The van der Waals surface area contributed by atoms with Gasteiger partial charge in [0.2, 0.25) is 6.79 Å². The molecule has 6 rings (SSSR count). The van der Waals surface area contributed by atoms with Crippen LogP contribution in [0.15, 0.2) is 18.2 Å². The van der Waals surface area contributed by atoms with Crippen LogP contribution in [0.1, 0.15) is 31.9 Å². The lowest BCUT2D eigenvalue weighted by molar-refractivity contribution is -0.161. The van der Waals surface area contributed by atoms with E-state index in [9.17, 15) is 14.9 Å². The molecule has 5 aliphatic heterocycles.